The molecule has 2 rings (SSSR count). The van der Waals surface area contributed by atoms with Crippen LogP contribution in [-0.2, 0) is 11.3 Å². The standard InChI is InChI=1S/C14H13ClN2O/c15-12-6-3-11(4-7-12)5-8-14(18)17-10-13-2-1-9-16-13/h1-9,16H,10H2,(H,17,18)/b8-5+. The number of benzene rings is 1. The third-order valence-corrected chi connectivity index (χ3v) is 2.66. The summed E-state index contributed by atoms with van der Waals surface area (Å²) in [5.74, 6) is -0.125. The van der Waals surface area contributed by atoms with Gasteiger partial charge in [0.2, 0.25) is 5.91 Å². The number of amides is 1. The van der Waals surface area contributed by atoms with Crippen molar-refractivity contribution in [1.82, 2.24) is 10.3 Å². The van der Waals surface area contributed by atoms with E-state index in [2.05, 4.69) is 10.3 Å². The maximum absolute atomic E-state index is 11.5. The van der Waals surface area contributed by atoms with Crippen molar-refractivity contribution in [2.75, 3.05) is 0 Å². The minimum Gasteiger partial charge on any atom is -0.364 e. The molecule has 2 aromatic rings. The normalized spacial score (nSPS) is 10.7. The highest BCUT2D eigenvalue weighted by Gasteiger charge is 1.96. The topological polar surface area (TPSA) is 44.9 Å². The van der Waals surface area contributed by atoms with Crippen LogP contribution in [0.5, 0.6) is 0 Å². The van der Waals surface area contributed by atoms with Crippen LogP contribution in [0.3, 0.4) is 0 Å². The average Bonchev–Trinajstić information content (AvgIpc) is 2.89. The number of rotatable bonds is 4. The van der Waals surface area contributed by atoms with E-state index >= 15 is 0 Å². The molecule has 0 saturated carbocycles. The summed E-state index contributed by atoms with van der Waals surface area (Å²) in [6, 6.07) is 11.1. The van der Waals surface area contributed by atoms with E-state index in [9.17, 15) is 4.79 Å². The molecular formula is C14H13ClN2O. The molecule has 4 heteroatoms. The quantitative estimate of drug-likeness (QED) is 0.816. The Balaban J connectivity index is 1.85. The van der Waals surface area contributed by atoms with Gasteiger partial charge >= 0.3 is 0 Å². The molecule has 1 aromatic heterocycles. The van der Waals surface area contributed by atoms with Crippen LogP contribution in [0.15, 0.2) is 48.7 Å². The highest BCUT2D eigenvalue weighted by molar-refractivity contribution is 6.30. The first-order valence-electron chi connectivity index (χ1n) is 5.58. The number of halogens is 1. The zero-order chi connectivity index (χ0) is 12.8. The number of hydrogen-bond donors (Lipinski definition) is 2. The van der Waals surface area contributed by atoms with Crippen LogP contribution in [-0.4, -0.2) is 10.9 Å². The van der Waals surface area contributed by atoms with Gasteiger partial charge in [-0.25, -0.2) is 0 Å². The van der Waals surface area contributed by atoms with Crippen molar-refractivity contribution in [3.63, 3.8) is 0 Å². The second-order valence-corrected chi connectivity index (χ2v) is 4.23. The van der Waals surface area contributed by atoms with Gasteiger partial charge in [-0.15, -0.1) is 0 Å². The first kappa shape index (κ1) is 12.5. The highest BCUT2D eigenvalue weighted by atomic mass is 35.5. The molecule has 0 radical (unpaired) electrons. The first-order valence-corrected chi connectivity index (χ1v) is 5.95. The fraction of sp³-hybridized carbons (Fsp3) is 0.0714. The summed E-state index contributed by atoms with van der Waals surface area (Å²) in [4.78, 5) is 14.6. The maximum Gasteiger partial charge on any atom is 0.244 e. The van der Waals surface area contributed by atoms with Gasteiger partial charge in [-0.2, -0.15) is 0 Å². The number of carbonyl (C=O) groups is 1. The lowest BCUT2D eigenvalue weighted by atomic mass is 10.2. The fourth-order valence-corrected chi connectivity index (χ4v) is 1.59. The number of hydrogen-bond acceptors (Lipinski definition) is 1. The molecule has 0 spiro atoms. The molecule has 0 atom stereocenters. The van der Waals surface area contributed by atoms with Gasteiger partial charge < -0.3 is 10.3 Å². The minimum atomic E-state index is -0.125. The molecule has 0 saturated heterocycles. The zero-order valence-electron chi connectivity index (χ0n) is 9.69. The monoisotopic (exact) mass is 260 g/mol. The van der Waals surface area contributed by atoms with Crippen molar-refractivity contribution in [3.05, 3.63) is 65.0 Å². The van der Waals surface area contributed by atoms with E-state index in [0.29, 0.717) is 11.6 Å². The molecular weight excluding hydrogens is 248 g/mol. The largest absolute Gasteiger partial charge is 0.364 e. The second-order valence-electron chi connectivity index (χ2n) is 3.80. The van der Waals surface area contributed by atoms with Crippen LogP contribution in [0, 0.1) is 0 Å². The summed E-state index contributed by atoms with van der Waals surface area (Å²) in [6.45, 7) is 0.497. The van der Waals surface area contributed by atoms with Gasteiger partial charge in [0.05, 0.1) is 6.54 Å². The minimum absolute atomic E-state index is 0.125. The van der Waals surface area contributed by atoms with E-state index in [-0.39, 0.29) is 5.91 Å². The van der Waals surface area contributed by atoms with Crippen LogP contribution in [0.4, 0.5) is 0 Å². The Kier molecular flexibility index (Phi) is 4.20. The SMILES string of the molecule is O=C(/C=C/c1ccc(Cl)cc1)NCc1ccc[nH]1. The van der Waals surface area contributed by atoms with Crippen molar-refractivity contribution >= 4 is 23.6 Å². The highest BCUT2D eigenvalue weighted by Crippen LogP contribution is 2.10. The number of nitrogens with one attached hydrogen (secondary N) is 2. The van der Waals surface area contributed by atoms with Crippen LogP contribution >= 0.6 is 11.6 Å². The summed E-state index contributed by atoms with van der Waals surface area (Å²) >= 11 is 5.77. The first-order chi connectivity index (χ1) is 8.74. The molecule has 0 aliphatic heterocycles. The third kappa shape index (κ3) is 3.79. The zero-order valence-corrected chi connectivity index (χ0v) is 10.4. The number of H-pyrrole nitrogens is 1. The van der Waals surface area contributed by atoms with Crippen molar-refractivity contribution in [2.24, 2.45) is 0 Å². The predicted molar refractivity (Wildman–Crippen MR) is 73.1 cm³/mol. The lowest BCUT2D eigenvalue weighted by molar-refractivity contribution is -0.116. The van der Waals surface area contributed by atoms with Gasteiger partial charge in [0.15, 0.2) is 0 Å². The van der Waals surface area contributed by atoms with E-state index in [4.69, 9.17) is 11.6 Å². The van der Waals surface area contributed by atoms with E-state index in [1.54, 1.807) is 18.2 Å². The molecule has 92 valence electrons. The summed E-state index contributed by atoms with van der Waals surface area (Å²) in [5.41, 5.74) is 1.91. The molecule has 0 aliphatic carbocycles. The van der Waals surface area contributed by atoms with E-state index in [0.717, 1.165) is 11.3 Å². The van der Waals surface area contributed by atoms with Crippen LogP contribution < -0.4 is 5.32 Å². The van der Waals surface area contributed by atoms with Gasteiger partial charge in [-0.3, -0.25) is 4.79 Å². The molecule has 0 fully saturated rings. The van der Waals surface area contributed by atoms with Gasteiger partial charge in [-0.1, -0.05) is 23.7 Å². The Morgan fingerprint density at radius 2 is 2.06 bits per heavy atom. The molecule has 1 amide bonds. The summed E-state index contributed by atoms with van der Waals surface area (Å²) < 4.78 is 0. The molecule has 0 bridgehead atoms. The lowest BCUT2D eigenvalue weighted by Gasteiger charge is -1.99. The van der Waals surface area contributed by atoms with Gasteiger partial charge in [0.25, 0.3) is 0 Å². The smallest absolute Gasteiger partial charge is 0.244 e. The third-order valence-electron chi connectivity index (χ3n) is 2.41. The molecule has 3 nitrogen and oxygen atoms in total. The maximum atomic E-state index is 11.5. The van der Waals surface area contributed by atoms with Crippen molar-refractivity contribution in [1.29, 1.82) is 0 Å². The molecule has 1 heterocycles. The van der Waals surface area contributed by atoms with Gasteiger partial charge in [0.1, 0.15) is 0 Å². The number of aromatic amines is 1. The van der Waals surface area contributed by atoms with Crippen molar-refractivity contribution in [2.45, 2.75) is 6.54 Å². The van der Waals surface area contributed by atoms with Crippen LogP contribution in [0.1, 0.15) is 11.3 Å². The van der Waals surface area contributed by atoms with Gasteiger partial charge in [-0.05, 0) is 35.9 Å². The summed E-state index contributed by atoms with van der Waals surface area (Å²) in [7, 11) is 0. The Bertz CT molecular complexity index is 529. The van der Waals surface area contributed by atoms with Crippen LogP contribution in [0.25, 0.3) is 6.08 Å². The molecule has 18 heavy (non-hydrogen) atoms. The van der Waals surface area contributed by atoms with E-state index in [1.807, 2.05) is 30.5 Å². The van der Waals surface area contributed by atoms with E-state index in [1.165, 1.54) is 6.08 Å². The van der Waals surface area contributed by atoms with E-state index < -0.39 is 0 Å². The fourth-order valence-electron chi connectivity index (χ4n) is 1.46. The number of carbonyl (C=O) groups excluding carboxylic acids is 1. The molecule has 1 aromatic carbocycles. The molecule has 0 unspecified atom stereocenters. The Morgan fingerprint density at radius 3 is 2.72 bits per heavy atom. The van der Waals surface area contributed by atoms with Crippen molar-refractivity contribution in [3.8, 4) is 0 Å². The second kappa shape index (κ2) is 6.07. The Hall–Kier alpha value is -2.00. The average molecular weight is 261 g/mol. The number of aromatic nitrogens is 1. The predicted octanol–water partition coefficient (Wildman–Crippen LogP) is 3.00. The molecule has 0 aliphatic rings. The Morgan fingerprint density at radius 1 is 1.28 bits per heavy atom. The summed E-state index contributed by atoms with van der Waals surface area (Å²) in [5, 5.41) is 3.47. The van der Waals surface area contributed by atoms with Crippen molar-refractivity contribution < 1.29 is 4.79 Å². The summed E-state index contributed by atoms with van der Waals surface area (Å²) in [6.07, 6.45) is 5.08. The lowest BCUT2D eigenvalue weighted by Crippen LogP contribution is -2.20. The molecule has 2 N–H and O–H groups in total. The van der Waals surface area contributed by atoms with Crippen LogP contribution in [0.2, 0.25) is 5.02 Å². The van der Waals surface area contributed by atoms with Gasteiger partial charge in [0, 0.05) is 23.0 Å². The Labute approximate surface area is 110 Å².